The number of para-hydroxylation sites is 1. The Labute approximate surface area is 104 Å². The van der Waals surface area contributed by atoms with Gasteiger partial charge in [0.2, 0.25) is 0 Å². The van der Waals surface area contributed by atoms with Gasteiger partial charge in [0.1, 0.15) is 5.82 Å². The Morgan fingerprint density at radius 2 is 1.65 bits per heavy atom. The molecule has 1 aromatic carbocycles. The van der Waals surface area contributed by atoms with Crippen molar-refractivity contribution in [3.8, 4) is 0 Å². The number of anilines is 2. The van der Waals surface area contributed by atoms with E-state index >= 15 is 0 Å². The minimum Gasteiger partial charge on any atom is -0.395 e. The van der Waals surface area contributed by atoms with E-state index in [1.54, 1.807) is 6.07 Å². The van der Waals surface area contributed by atoms with Crippen LogP contribution in [0.3, 0.4) is 0 Å². The quantitative estimate of drug-likeness (QED) is 0.795. The third kappa shape index (κ3) is 3.91. The smallest absolute Gasteiger partial charge is 0.148 e. The van der Waals surface area contributed by atoms with Crippen molar-refractivity contribution < 1.29 is 4.39 Å². The first-order chi connectivity index (χ1) is 7.91. The Morgan fingerprint density at radius 1 is 1.12 bits per heavy atom. The standard InChI is InChI=1S/C14H23FN2/c1-10(2)8-17(9-11(3)4)13-7-5-6-12(15)14(13)16/h5-7,10-11H,8-9,16H2,1-4H3. The number of hydrogen-bond acceptors (Lipinski definition) is 2. The molecule has 0 bridgehead atoms. The first-order valence-corrected chi connectivity index (χ1v) is 6.20. The van der Waals surface area contributed by atoms with Crippen molar-refractivity contribution in [2.75, 3.05) is 23.7 Å². The van der Waals surface area contributed by atoms with Crippen LogP contribution in [0, 0.1) is 17.7 Å². The van der Waals surface area contributed by atoms with Crippen LogP contribution in [0.4, 0.5) is 15.8 Å². The molecular weight excluding hydrogens is 215 g/mol. The Hall–Kier alpha value is -1.25. The summed E-state index contributed by atoms with van der Waals surface area (Å²) in [6.45, 7) is 10.4. The predicted molar refractivity (Wildman–Crippen MR) is 72.7 cm³/mol. The van der Waals surface area contributed by atoms with E-state index in [0.717, 1.165) is 18.8 Å². The lowest BCUT2D eigenvalue weighted by Gasteiger charge is -2.29. The first kappa shape index (κ1) is 13.8. The summed E-state index contributed by atoms with van der Waals surface area (Å²) in [4.78, 5) is 2.17. The molecule has 0 unspecified atom stereocenters. The molecular formula is C14H23FN2. The molecule has 0 aliphatic carbocycles. The second kappa shape index (κ2) is 5.89. The molecule has 0 spiro atoms. The van der Waals surface area contributed by atoms with Crippen LogP contribution < -0.4 is 10.6 Å². The Kier molecular flexibility index (Phi) is 4.79. The fourth-order valence-electron chi connectivity index (χ4n) is 1.95. The zero-order valence-electron chi connectivity index (χ0n) is 11.2. The van der Waals surface area contributed by atoms with Gasteiger partial charge in [0.15, 0.2) is 0 Å². The van der Waals surface area contributed by atoms with Gasteiger partial charge in [-0.25, -0.2) is 4.39 Å². The molecule has 2 nitrogen and oxygen atoms in total. The van der Waals surface area contributed by atoms with Crippen molar-refractivity contribution >= 4 is 11.4 Å². The molecule has 2 N–H and O–H groups in total. The largest absolute Gasteiger partial charge is 0.395 e. The Bertz CT molecular complexity index is 351. The molecule has 1 rings (SSSR count). The third-order valence-corrected chi connectivity index (χ3v) is 2.54. The molecule has 0 aliphatic heterocycles. The fourth-order valence-corrected chi connectivity index (χ4v) is 1.95. The summed E-state index contributed by atoms with van der Waals surface area (Å²) in [5.41, 5.74) is 6.89. The topological polar surface area (TPSA) is 29.3 Å². The maximum atomic E-state index is 13.5. The van der Waals surface area contributed by atoms with Crippen molar-refractivity contribution in [3.05, 3.63) is 24.0 Å². The average Bonchev–Trinajstić information content (AvgIpc) is 2.19. The Balaban J connectivity index is 2.99. The molecule has 1 aromatic rings. The van der Waals surface area contributed by atoms with E-state index in [1.165, 1.54) is 6.07 Å². The highest BCUT2D eigenvalue weighted by Gasteiger charge is 2.14. The van der Waals surface area contributed by atoms with Crippen LogP contribution in [0.2, 0.25) is 0 Å². The van der Waals surface area contributed by atoms with Crippen LogP contribution in [-0.4, -0.2) is 13.1 Å². The maximum absolute atomic E-state index is 13.5. The van der Waals surface area contributed by atoms with E-state index in [2.05, 4.69) is 32.6 Å². The second-order valence-corrected chi connectivity index (χ2v) is 5.37. The van der Waals surface area contributed by atoms with Gasteiger partial charge in [0.25, 0.3) is 0 Å². The summed E-state index contributed by atoms with van der Waals surface area (Å²) in [6, 6.07) is 5.01. The number of halogens is 1. The molecule has 0 aromatic heterocycles. The average molecular weight is 238 g/mol. The first-order valence-electron chi connectivity index (χ1n) is 6.20. The monoisotopic (exact) mass is 238 g/mol. The zero-order valence-corrected chi connectivity index (χ0v) is 11.2. The van der Waals surface area contributed by atoms with Gasteiger partial charge in [0, 0.05) is 13.1 Å². The molecule has 0 saturated carbocycles. The summed E-state index contributed by atoms with van der Waals surface area (Å²) in [7, 11) is 0. The second-order valence-electron chi connectivity index (χ2n) is 5.37. The SMILES string of the molecule is CC(C)CN(CC(C)C)c1cccc(F)c1N. The Morgan fingerprint density at radius 3 is 2.12 bits per heavy atom. The molecule has 0 atom stereocenters. The molecule has 96 valence electrons. The molecule has 0 amide bonds. The fraction of sp³-hybridized carbons (Fsp3) is 0.571. The highest BCUT2D eigenvalue weighted by molar-refractivity contribution is 5.68. The number of nitrogen functional groups attached to an aromatic ring is 1. The van der Waals surface area contributed by atoms with Crippen molar-refractivity contribution in [2.45, 2.75) is 27.7 Å². The van der Waals surface area contributed by atoms with Crippen molar-refractivity contribution in [1.29, 1.82) is 0 Å². The van der Waals surface area contributed by atoms with E-state index in [1.807, 2.05) is 6.07 Å². The van der Waals surface area contributed by atoms with E-state index in [9.17, 15) is 4.39 Å². The van der Waals surface area contributed by atoms with Crippen LogP contribution in [0.1, 0.15) is 27.7 Å². The van der Waals surface area contributed by atoms with Crippen molar-refractivity contribution in [3.63, 3.8) is 0 Å². The van der Waals surface area contributed by atoms with Gasteiger partial charge >= 0.3 is 0 Å². The lowest BCUT2D eigenvalue weighted by Crippen LogP contribution is -2.32. The number of nitrogens with two attached hydrogens (primary N) is 1. The number of benzene rings is 1. The van der Waals surface area contributed by atoms with Gasteiger partial charge < -0.3 is 10.6 Å². The van der Waals surface area contributed by atoms with E-state index in [0.29, 0.717) is 11.8 Å². The zero-order chi connectivity index (χ0) is 13.0. The van der Waals surface area contributed by atoms with E-state index in [4.69, 9.17) is 5.73 Å². The summed E-state index contributed by atoms with van der Waals surface area (Å²) in [6.07, 6.45) is 0. The van der Waals surface area contributed by atoms with Crippen LogP contribution in [-0.2, 0) is 0 Å². The van der Waals surface area contributed by atoms with Crippen LogP contribution in [0.5, 0.6) is 0 Å². The molecule has 0 aliphatic rings. The number of rotatable bonds is 5. The lowest BCUT2D eigenvalue weighted by atomic mass is 10.1. The summed E-state index contributed by atoms with van der Waals surface area (Å²) in [5, 5.41) is 0. The van der Waals surface area contributed by atoms with E-state index < -0.39 is 0 Å². The van der Waals surface area contributed by atoms with E-state index in [-0.39, 0.29) is 11.5 Å². The van der Waals surface area contributed by atoms with Crippen LogP contribution >= 0.6 is 0 Å². The molecule has 0 fully saturated rings. The molecule has 0 heterocycles. The lowest BCUT2D eigenvalue weighted by molar-refractivity contribution is 0.551. The minimum atomic E-state index is -0.333. The molecule has 17 heavy (non-hydrogen) atoms. The number of hydrogen-bond donors (Lipinski definition) is 1. The number of nitrogens with zero attached hydrogens (tertiary/aromatic N) is 1. The maximum Gasteiger partial charge on any atom is 0.148 e. The van der Waals surface area contributed by atoms with Gasteiger partial charge in [-0.2, -0.15) is 0 Å². The summed E-state index contributed by atoms with van der Waals surface area (Å²) >= 11 is 0. The van der Waals surface area contributed by atoms with Crippen LogP contribution in [0.25, 0.3) is 0 Å². The summed E-state index contributed by atoms with van der Waals surface area (Å²) < 4.78 is 13.5. The van der Waals surface area contributed by atoms with Crippen molar-refractivity contribution in [1.82, 2.24) is 0 Å². The third-order valence-electron chi connectivity index (χ3n) is 2.54. The highest BCUT2D eigenvalue weighted by atomic mass is 19.1. The molecule has 0 radical (unpaired) electrons. The van der Waals surface area contributed by atoms with Crippen LogP contribution in [0.15, 0.2) is 18.2 Å². The van der Waals surface area contributed by atoms with Gasteiger partial charge in [-0.3, -0.25) is 0 Å². The highest BCUT2D eigenvalue weighted by Crippen LogP contribution is 2.27. The van der Waals surface area contributed by atoms with Crippen molar-refractivity contribution in [2.24, 2.45) is 11.8 Å². The molecule has 0 saturated heterocycles. The predicted octanol–water partition coefficient (Wildman–Crippen LogP) is 3.53. The summed E-state index contributed by atoms with van der Waals surface area (Å²) in [5.74, 6) is 0.716. The molecule has 3 heteroatoms. The van der Waals surface area contributed by atoms with Gasteiger partial charge in [0.05, 0.1) is 11.4 Å². The normalized spacial score (nSPS) is 11.2. The van der Waals surface area contributed by atoms with Gasteiger partial charge in [-0.1, -0.05) is 33.8 Å². The van der Waals surface area contributed by atoms with Gasteiger partial charge in [-0.15, -0.1) is 0 Å². The minimum absolute atomic E-state index is 0.258. The van der Waals surface area contributed by atoms with Gasteiger partial charge in [-0.05, 0) is 24.0 Å².